The Morgan fingerprint density at radius 2 is 1.71 bits per heavy atom. The molecule has 212 valence electrons. The molecule has 1 aliphatic heterocycles. The molecule has 6 fully saturated rings. The summed E-state index contributed by atoms with van der Waals surface area (Å²) in [4.78, 5) is 40.4. The van der Waals surface area contributed by atoms with E-state index in [0.717, 1.165) is 38.8 Å². The zero-order chi connectivity index (χ0) is 27.2. The lowest BCUT2D eigenvalue weighted by molar-refractivity contribution is -0.280. The van der Waals surface area contributed by atoms with E-state index in [2.05, 4.69) is 11.8 Å². The van der Waals surface area contributed by atoms with Gasteiger partial charge in [0.2, 0.25) is 0 Å². The Bertz CT molecular complexity index is 1020. The Hall–Kier alpha value is -1.71. The lowest BCUT2D eigenvalue weighted by atomic mass is 9.43. The molecule has 5 aliphatic carbocycles. The fourth-order valence-corrected chi connectivity index (χ4v) is 11.4. The number of fused-ring (bicyclic) bond motifs is 2. The minimum absolute atomic E-state index is 0.00356. The third kappa shape index (κ3) is 3.18. The molecule has 1 spiro atoms. The van der Waals surface area contributed by atoms with Crippen molar-refractivity contribution in [2.75, 3.05) is 33.9 Å². The molecule has 5 saturated carbocycles. The summed E-state index contributed by atoms with van der Waals surface area (Å²) < 4.78 is 30.9. The van der Waals surface area contributed by atoms with Crippen LogP contribution in [0.5, 0.6) is 0 Å². The standard InChI is InChI=1S/C29H43NO8/c1-7-30-13-27(14-34-5)9-8-23(36-15(2)31)29-19-10-18-21(35-6)12-28(38-17(4)33,20(26(29)30)11-22(27)29)24(19)25(18)37-16(3)32/h18-26H,7-14H2,1-6H3/t18-,19-,20+,21+,22-,23+,24-,25+,26-,27+,28+,29-/m1/s1. The lowest BCUT2D eigenvalue weighted by Gasteiger charge is -2.69. The number of rotatable bonds is 7. The topological polar surface area (TPSA) is 101 Å². The van der Waals surface area contributed by atoms with Crippen molar-refractivity contribution in [3.63, 3.8) is 0 Å². The molecule has 0 unspecified atom stereocenters. The van der Waals surface area contributed by atoms with Crippen LogP contribution in [0.2, 0.25) is 0 Å². The number of hydrogen-bond donors (Lipinski definition) is 0. The predicted molar refractivity (Wildman–Crippen MR) is 135 cm³/mol. The molecule has 0 aromatic heterocycles. The molecule has 6 aliphatic rings. The van der Waals surface area contributed by atoms with Crippen molar-refractivity contribution in [2.45, 2.75) is 89.8 Å². The molecular formula is C29H43NO8. The Kier molecular flexibility index (Phi) is 6.21. The monoisotopic (exact) mass is 533 g/mol. The van der Waals surface area contributed by atoms with Crippen LogP contribution in [-0.2, 0) is 38.1 Å². The Morgan fingerprint density at radius 3 is 2.32 bits per heavy atom. The largest absolute Gasteiger partial charge is 0.462 e. The van der Waals surface area contributed by atoms with Gasteiger partial charge in [-0.1, -0.05) is 6.92 Å². The van der Waals surface area contributed by atoms with Gasteiger partial charge in [-0.2, -0.15) is 0 Å². The van der Waals surface area contributed by atoms with Crippen molar-refractivity contribution < 1.29 is 38.1 Å². The van der Waals surface area contributed by atoms with Crippen LogP contribution < -0.4 is 0 Å². The third-order valence-electron chi connectivity index (χ3n) is 11.8. The van der Waals surface area contributed by atoms with Crippen LogP contribution in [0.15, 0.2) is 0 Å². The van der Waals surface area contributed by atoms with Crippen molar-refractivity contribution in [1.29, 1.82) is 0 Å². The number of piperidine rings is 1. The van der Waals surface area contributed by atoms with Gasteiger partial charge >= 0.3 is 17.9 Å². The van der Waals surface area contributed by atoms with Crippen molar-refractivity contribution in [3.8, 4) is 0 Å². The molecule has 0 N–H and O–H groups in total. The van der Waals surface area contributed by atoms with E-state index in [-0.39, 0.29) is 76.6 Å². The molecule has 9 heteroatoms. The van der Waals surface area contributed by atoms with E-state index < -0.39 is 11.7 Å². The first-order chi connectivity index (χ1) is 18.1. The molecule has 1 saturated heterocycles. The van der Waals surface area contributed by atoms with Crippen molar-refractivity contribution in [3.05, 3.63) is 0 Å². The number of esters is 3. The summed E-state index contributed by atoms with van der Waals surface area (Å²) in [6.45, 7) is 9.08. The summed E-state index contributed by atoms with van der Waals surface area (Å²) in [5.41, 5.74) is -1.21. The highest BCUT2D eigenvalue weighted by Crippen LogP contribution is 2.80. The average Bonchev–Trinajstić information content (AvgIpc) is 3.28. The molecule has 6 rings (SSSR count). The summed E-state index contributed by atoms with van der Waals surface area (Å²) in [6.07, 6.45) is 3.16. The van der Waals surface area contributed by atoms with Crippen LogP contribution in [0.25, 0.3) is 0 Å². The number of carbonyl (C=O) groups is 3. The number of methoxy groups -OCH3 is 2. The first kappa shape index (κ1) is 26.5. The lowest BCUT2D eigenvalue weighted by Crippen LogP contribution is -2.77. The van der Waals surface area contributed by atoms with E-state index in [9.17, 15) is 14.4 Å². The maximum absolute atomic E-state index is 12.9. The zero-order valence-electron chi connectivity index (χ0n) is 23.6. The number of nitrogens with zero attached hydrogens (tertiary/aromatic N) is 1. The second-order valence-corrected chi connectivity index (χ2v) is 13.0. The van der Waals surface area contributed by atoms with Gasteiger partial charge in [-0.25, -0.2) is 0 Å². The molecule has 0 aromatic rings. The van der Waals surface area contributed by atoms with Crippen LogP contribution in [0.3, 0.4) is 0 Å². The van der Waals surface area contributed by atoms with Gasteiger partial charge in [-0.05, 0) is 44.1 Å². The predicted octanol–water partition coefficient (Wildman–Crippen LogP) is 2.59. The van der Waals surface area contributed by atoms with Crippen LogP contribution in [0, 0.1) is 40.4 Å². The molecule has 9 nitrogen and oxygen atoms in total. The van der Waals surface area contributed by atoms with E-state index in [4.69, 9.17) is 23.7 Å². The number of ether oxygens (including phenoxy) is 5. The number of hydrogen-bond acceptors (Lipinski definition) is 9. The van der Waals surface area contributed by atoms with E-state index >= 15 is 0 Å². The summed E-state index contributed by atoms with van der Waals surface area (Å²) >= 11 is 0. The highest BCUT2D eigenvalue weighted by atomic mass is 16.6. The van der Waals surface area contributed by atoms with Gasteiger partial charge in [0.1, 0.15) is 17.8 Å². The number of likely N-dealkylation sites (tertiary alicyclic amines) is 1. The van der Waals surface area contributed by atoms with Gasteiger partial charge in [0, 0.05) is 82.6 Å². The Balaban J connectivity index is 1.61. The normalized spacial score (nSPS) is 49.9. The Morgan fingerprint density at radius 1 is 0.974 bits per heavy atom. The minimum Gasteiger partial charge on any atom is -0.462 e. The van der Waals surface area contributed by atoms with Gasteiger partial charge < -0.3 is 23.7 Å². The smallest absolute Gasteiger partial charge is 0.303 e. The van der Waals surface area contributed by atoms with E-state index in [1.807, 2.05) is 0 Å². The van der Waals surface area contributed by atoms with Gasteiger partial charge in [0.05, 0.1) is 12.7 Å². The van der Waals surface area contributed by atoms with Crippen LogP contribution in [0.1, 0.15) is 59.8 Å². The van der Waals surface area contributed by atoms with E-state index in [1.165, 1.54) is 20.8 Å². The van der Waals surface area contributed by atoms with Crippen molar-refractivity contribution >= 4 is 17.9 Å². The average molecular weight is 534 g/mol. The van der Waals surface area contributed by atoms with Gasteiger partial charge in [0.15, 0.2) is 0 Å². The van der Waals surface area contributed by atoms with Gasteiger partial charge in [-0.3, -0.25) is 19.3 Å². The van der Waals surface area contributed by atoms with Gasteiger partial charge in [-0.15, -0.1) is 0 Å². The first-order valence-corrected chi connectivity index (χ1v) is 14.4. The molecule has 0 radical (unpaired) electrons. The summed E-state index contributed by atoms with van der Waals surface area (Å²) in [5.74, 6) is -0.715. The number of carbonyl (C=O) groups excluding carboxylic acids is 3. The highest BCUT2D eigenvalue weighted by molar-refractivity contribution is 5.68. The fourth-order valence-electron chi connectivity index (χ4n) is 11.4. The van der Waals surface area contributed by atoms with Crippen LogP contribution in [-0.4, -0.2) is 86.7 Å². The van der Waals surface area contributed by atoms with E-state index in [0.29, 0.717) is 13.0 Å². The summed E-state index contributed by atoms with van der Waals surface area (Å²) in [5, 5.41) is 0. The SMILES string of the molecule is CCN1C[C@]2(COC)CC[C@H](OC(C)=O)[C@@]34[C@@H]5C[C@H]6[C@H](OC(C)=O)[C@@H]5[C@](OC(C)=O)(C[C@@H]6OC)[C@@H](C[C@H]23)[C@@H]14. The molecule has 7 bridgehead atoms. The highest BCUT2D eigenvalue weighted by Gasteiger charge is 2.85. The molecular weight excluding hydrogens is 490 g/mol. The van der Waals surface area contributed by atoms with Crippen LogP contribution >= 0.6 is 0 Å². The molecule has 12 atom stereocenters. The first-order valence-electron chi connectivity index (χ1n) is 14.4. The van der Waals surface area contributed by atoms with Crippen molar-refractivity contribution in [1.82, 2.24) is 4.90 Å². The quantitative estimate of drug-likeness (QED) is 0.361. The molecule has 0 amide bonds. The van der Waals surface area contributed by atoms with Crippen LogP contribution in [0.4, 0.5) is 0 Å². The zero-order valence-corrected chi connectivity index (χ0v) is 23.6. The summed E-state index contributed by atoms with van der Waals surface area (Å²) in [7, 11) is 3.49. The molecule has 1 heterocycles. The maximum atomic E-state index is 12.9. The second kappa shape index (κ2) is 8.90. The Labute approximate surface area is 225 Å². The van der Waals surface area contributed by atoms with E-state index in [1.54, 1.807) is 14.2 Å². The molecule has 0 aromatic carbocycles. The maximum Gasteiger partial charge on any atom is 0.303 e. The third-order valence-corrected chi connectivity index (χ3v) is 11.8. The fraction of sp³-hybridized carbons (Fsp3) is 0.897. The molecule has 38 heavy (non-hydrogen) atoms. The van der Waals surface area contributed by atoms with Gasteiger partial charge in [0.25, 0.3) is 0 Å². The summed E-state index contributed by atoms with van der Waals surface area (Å²) in [6, 6.07) is 0.0973. The second-order valence-electron chi connectivity index (χ2n) is 13.0. The van der Waals surface area contributed by atoms with Crippen molar-refractivity contribution in [2.24, 2.45) is 40.4 Å². The minimum atomic E-state index is -0.811.